The summed E-state index contributed by atoms with van der Waals surface area (Å²) in [5.41, 5.74) is 4.97. The molecule has 0 aliphatic rings. The minimum absolute atomic E-state index is 0. The van der Waals surface area contributed by atoms with Gasteiger partial charge in [-0.15, -0.1) is 0 Å². The van der Waals surface area contributed by atoms with E-state index in [0.717, 1.165) is 0 Å². The van der Waals surface area contributed by atoms with Crippen LogP contribution in [-0.4, -0.2) is 42.3 Å². The molecule has 11 nitrogen and oxygen atoms in total. The van der Waals surface area contributed by atoms with Crippen LogP contribution in [0.1, 0.15) is 13.3 Å². The van der Waals surface area contributed by atoms with Crippen LogP contribution in [-0.2, 0) is 14.0 Å². The average Bonchev–Trinajstić information content (AvgIpc) is 2.78. The topological polar surface area (TPSA) is 166 Å². The Kier molecular flexibility index (Phi) is 6.30. The Bertz CT molecular complexity index is 757. The van der Waals surface area contributed by atoms with Gasteiger partial charge in [0.1, 0.15) is 6.33 Å². The van der Waals surface area contributed by atoms with Crippen molar-refractivity contribution in [3.8, 4) is 0 Å². The van der Waals surface area contributed by atoms with Crippen molar-refractivity contribution in [1.82, 2.24) is 19.5 Å². The Morgan fingerprint density at radius 1 is 1.50 bits per heavy atom. The first-order valence-electron chi connectivity index (χ1n) is 5.70. The number of nitrogens with one attached hydrogen (secondary N) is 1. The van der Waals surface area contributed by atoms with Gasteiger partial charge in [-0.2, -0.15) is 4.98 Å². The number of aromatic nitrogens is 4. The van der Waals surface area contributed by atoms with Crippen molar-refractivity contribution < 1.29 is 53.4 Å². The number of rotatable bonds is 5. The second-order valence-electron chi connectivity index (χ2n) is 4.14. The molecule has 0 aromatic carbocycles. The minimum atomic E-state index is -4.45. The molecule has 13 heteroatoms. The molecule has 22 heavy (non-hydrogen) atoms. The quantitative estimate of drug-likeness (QED) is 0.243. The van der Waals surface area contributed by atoms with Crippen LogP contribution >= 0.6 is 7.60 Å². The zero-order chi connectivity index (χ0) is 15.8. The van der Waals surface area contributed by atoms with Crippen LogP contribution in [0.5, 0.6) is 0 Å². The van der Waals surface area contributed by atoms with Gasteiger partial charge in [0.05, 0.1) is 0 Å². The molecule has 2 unspecified atom stereocenters. The molecule has 2 atom stereocenters. The molecular weight excluding hydrogens is 328 g/mol. The van der Waals surface area contributed by atoms with E-state index in [9.17, 15) is 9.36 Å². The van der Waals surface area contributed by atoms with E-state index in [0.29, 0.717) is 0 Å². The third kappa shape index (κ3) is 3.94. The van der Waals surface area contributed by atoms with E-state index in [4.69, 9.17) is 25.0 Å². The summed E-state index contributed by atoms with van der Waals surface area (Å²) in [6.07, 6.45) is -0.0290. The van der Waals surface area contributed by atoms with E-state index in [2.05, 4.69) is 15.0 Å². The van der Waals surface area contributed by atoms with Gasteiger partial charge in [-0.1, -0.05) is 0 Å². The van der Waals surface area contributed by atoms with E-state index in [-0.39, 0.29) is 46.7 Å². The minimum Gasteiger partial charge on any atom is -0.369 e. The molecule has 0 aliphatic carbocycles. The van der Waals surface area contributed by atoms with Crippen LogP contribution in [0.3, 0.4) is 0 Å². The summed E-state index contributed by atoms with van der Waals surface area (Å²) >= 11 is 0. The standard InChI is InChI=1S/C9H14N5O6P.Na/c1-4(21(16,17)18)20-9(19-2)14-3-11-5-6(14)12-8(10)13-7(5)15;/h3-4,9H,1-2H3,(H2,16,17,18)(H3,10,12,13,15);/q;+1. The predicted octanol–water partition coefficient (Wildman–Crippen LogP) is -3.65. The SMILES string of the molecule is COC(OC(C)P(=O)(O)O)n1cnc2c(=O)[nH]c(N)nc21.[Na+]. The summed E-state index contributed by atoms with van der Waals surface area (Å²) in [4.78, 5) is 39.8. The van der Waals surface area contributed by atoms with Crippen LogP contribution in [0.25, 0.3) is 11.2 Å². The average molecular weight is 342 g/mol. The van der Waals surface area contributed by atoms with Gasteiger partial charge in [-0.25, -0.2) is 4.98 Å². The number of nitrogen functional groups attached to an aromatic ring is 1. The molecule has 2 aromatic rings. The second kappa shape index (κ2) is 7.20. The normalized spacial score (nSPS) is 14.5. The van der Waals surface area contributed by atoms with Crippen molar-refractivity contribution in [3.05, 3.63) is 16.7 Å². The molecule has 116 valence electrons. The summed E-state index contributed by atoms with van der Waals surface area (Å²) in [6, 6.07) is 0. The Morgan fingerprint density at radius 2 is 2.14 bits per heavy atom. The fourth-order valence-electron chi connectivity index (χ4n) is 1.58. The Hall–Kier alpha value is -0.780. The largest absolute Gasteiger partial charge is 1.00 e. The number of nitrogens with zero attached hydrogens (tertiary/aromatic N) is 3. The van der Waals surface area contributed by atoms with Gasteiger partial charge in [0.2, 0.25) is 12.4 Å². The number of aromatic amines is 1. The third-order valence-electron chi connectivity index (χ3n) is 2.67. The number of fused-ring (bicyclic) bond motifs is 1. The molecule has 5 N–H and O–H groups in total. The molecule has 0 fully saturated rings. The summed E-state index contributed by atoms with van der Waals surface area (Å²) in [5, 5.41) is 0. The van der Waals surface area contributed by atoms with Gasteiger partial charge < -0.3 is 25.0 Å². The van der Waals surface area contributed by atoms with E-state index >= 15 is 0 Å². The molecule has 0 aliphatic heterocycles. The van der Waals surface area contributed by atoms with Gasteiger partial charge in [0, 0.05) is 7.11 Å². The summed E-state index contributed by atoms with van der Waals surface area (Å²) < 4.78 is 22.5. The first-order chi connectivity index (χ1) is 9.74. The van der Waals surface area contributed by atoms with Crippen LogP contribution in [0, 0.1) is 0 Å². The van der Waals surface area contributed by atoms with Crippen LogP contribution in [0.4, 0.5) is 5.95 Å². The van der Waals surface area contributed by atoms with E-state index in [1.54, 1.807) is 0 Å². The maximum atomic E-state index is 11.6. The van der Waals surface area contributed by atoms with Crippen LogP contribution in [0.2, 0.25) is 0 Å². The molecule has 0 amide bonds. The Morgan fingerprint density at radius 3 is 2.68 bits per heavy atom. The second-order valence-corrected chi connectivity index (χ2v) is 6.05. The smallest absolute Gasteiger partial charge is 0.369 e. The molecule has 2 rings (SSSR count). The zero-order valence-corrected chi connectivity index (χ0v) is 15.0. The van der Waals surface area contributed by atoms with E-state index < -0.39 is 25.4 Å². The van der Waals surface area contributed by atoms with Crippen molar-refractivity contribution in [2.24, 2.45) is 0 Å². The number of imidazole rings is 1. The van der Waals surface area contributed by atoms with Crippen molar-refractivity contribution in [2.45, 2.75) is 19.2 Å². The van der Waals surface area contributed by atoms with Gasteiger partial charge in [0.15, 0.2) is 17.0 Å². The van der Waals surface area contributed by atoms with Crippen molar-refractivity contribution in [1.29, 1.82) is 0 Å². The number of ether oxygens (including phenoxy) is 2. The van der Waals surface area contributed by atoms with Crippen molar-refractivity contribution >= 4 is 24.7 Å². The summed E-state index contributed by atoms with van der Waals surface area (Å²) in [7, 11) is -3.19. The fourth-order valence-corrected chi connectivity index (χ4v) is 1.84. The van der Waals surface area contributed by atoms with Crippen LogP contribution < -0.4 is 40.9 Å². The van der Waals surface area contributed by atoms with E-state index in [1.807, 2.05) is 0 Å². The number of hydrogen-bond acceptors (Lipinski definition) is 7. The zero-order valence-electron chi connectivity index (χ0n) is 12.1. The van der Waals surface area contributed by atoms with Gasteiger partial charge in [-0.05, 0) is 6.92 Å². The number of methoxy groups -OCH3 is 1. The van der Waals surface area contributed by atoms with E-state index in [1.165, 1.54) is 24.9 Å². The van der Waals surface area contributed by atoms with Crippen molar-refractivity contribution in [3.63, 3.8) is 0 Å². The maximum absolute atomic E-state index is 11.6. The Labute approximate surface area is 146 Å². The molecule has 0 saturated heterocycles. The van der Waals surface area contributed by atoms with Gasteiger partial charge in [0.25, 0.3) is 5.56 Å². The monoisotopic (exact) mass is 342 g/mol. The molecule has 0 spiro atoms. The van der Waals surface area contributed by atoms with Gasteiger partial charge >= 0.3 is 37.2 Å². The summed E-state index contributed by atoms with van der Waals surface area (Å²) in [5.74, 6) is -1.55. The number of hydrogen-bond donors (Lipinski definition) is 4. The number of nitrogens with two attached hydrogens (primary N) is 1. The fraction of sp³-hybridized carbons (Fsp3) is 0.444. The molecule has 0 saturated carbocycles. The predicted molar refractivity (Wildman–Crippen MR) is 71.2 cm³/mol. The number of anilines is 1. The Balaban J connectivity index is 0.00000242. The molecule has 0 bridgehead atoms. The summed E-state index contributed by atoms with van der Waals surface area (Å²) in [6.45, 7) is 1.19. The van der Waals surface area contributed by atoms with Gasteiger partial charge in [-0.3, -0.25) is 18.9 Å². The number of H-pyrrole nitrogens is 1. The third-order valence-corrected chi connectivity index (χ3v) is 3.74. The molecule has 2 aromatic heterocycles. The molecule has 0 radical (unpaired) electrons. The van der Waals surface area contributed by atoms with Crippen LogP contribution in [0.15, 0.2) is 11.1 Å². The molecular formula is C9H14N5NaO6P+. The first-order valence-corrected chi connectivity index (χ1v) is 7.38. The molecule has 2 heterocycles. The van der Waals surface area contributed by atoms with Crippen molar-refractivity contribution in [2.75, 3.05) is 12.8 Å². The first kappa shape index (κ1) is 19.3. The maximum Gasteiger partial charge on any atom is 1.00 e.